The Morgan fingerprint density at radius 2 is 1.25 bits per heavy atom. The minimum Gasteiger partial charge on any atom is -0.508 e. The van der Waals surface area contributed by atoms with Crippen LogP contribution < -0.4 is 16.0 Å². The number of phenolic OH excluding ortho intramolecular Hbond substituents is 1. The number of aromatic hydroxyl groups is 1. The van der Waals surface area contributed by atoms with Gasteiger partial charge in [0.1, 0.15) is 17.3 Å². The lowest BCUT2D eigenvalue weighted by atomic mass is 9.76. The highest BCUT2D eigenvalue weighted by molar-refractivity contribution is 5.95. The normalized spacial score (nSPS) is 12.4. The van der Waals surface area contributed by atoms with E-state index in [1.54, 1.807) is 48.7 Å². The molecule has 6 rings (SSSR count). The van der Waals surface area contributed by atoms with Crippen LogP contribution in [0, 0.1) is 5.92 Å². The number of aromatic amines is 1. The molecule has 6 aromatic rings. The maximum atomic E-state index is 14.1. The lowest BCUT2D eigenvalue weighted by Gasteiger charge is -2.37. The number of phenols is 1. The highest BCUT2D eigenvalue weighted by Gasteiger charge is 2.39. The average Bonchev–Trinajstić information content (AvgIpc) is 3.59. The largest absolute Gasteiger partial charge is 0.508 e. The third kappa shape index (κ3) is 7.87. The molecular weight excluding hydrogens is 656 g/mol. The number of hydrogen-bond donors (Lipinski definition) is 6. The molecule has 6 N–H and O–H groups in total. The van der Waals surface area contributed by atoms with Gasteiger partial charge in [-0.15, -0.1) is 0 Å². The molecule has 10 nitrogen and oxygen atoms in total. The van der Waals surface area contributed by atoms with Crippen molar-refractivity contribution in [3.8, 4) is 5.75 Å². The maximum absolute atomic E-state index is 14.1. The first-order chi connectivity index (χ1) is 25.2. The van der Waals surface area contributed by atoms with E-state index in [-0.39, 0.29) is 24.6 Å². The number of H-pyrrole nitrogens is 1. The van der Waals surface area contributed by atoms with Gasteiger partial charge in [-0.3, -0.25) is 14.4 Å². The van der Waals surface area contributed by atoms with Crippen LogP contribution in [0.1, 0.15) is 39.0 Å². The van der Waals surface area contributed by atoms with Gasteiger partial charge in [0.2, 0.25) is 11.8 Å². The van der Waals surface area contributed by atoms with Crippen molar-refractivity contribution in [1.82, 2.24) is 20.9 Å². The van der Waals surface area contributed by atoms with E-state index < -0.39 is 41.7 Å². The number of nitrogens with one attached hydrogen (secondary N) is 4. The molecule has 0 radical (unpaired) electrons. The van der Waals surface area contributed by atoms with Gasteiger partial charge in [-0.05, 0) is 59.0 Å². The maximum Gasteiger partial charge on any atom is 0.326 e. The molecule has 0 saturated heterocycles. The van der Waals surface area contributed by atoms with E-state index in [1.807, 2.05) is 84.9 Å². The molecule has 0 saturated carbocycles. The molecule has 0 aliphatic carbocycles. The molecule has 1 unspecified atom stereocenters. The van der Waals surface area contributed by atoms with E-state index >= 15 is 0 Å². The molecule has 0 aliphatic rings. The summed E-state index contributed by atoms with van der Waals surface area (Å²) in [4.78, 5) is 56.8. The van der Waals surface area contributed by atoms with Crippen molar-refractivity contribution in [2.24, 2.45) is 5.92 Å². The van der Waals surface area contributed by atoms with Crippen molar-refractivity contribution >= 4 is 34.6 Å². The third-order valence-corrected chi connectivity index (χ3v) is 9.10. The molecule has 5 aromatic carbocycles. The molecule has 2 atom stereocenters. The van der Waals surface area contributed by atoms with Crippen molar-refractivity contribution in [2.75, 3.05) is 6.54 Å². The molecule has 3 amide bonds. The van der Waals surface area contributed by atoms with E-state index in [0.29, 0.717) is 22.3 Å². The monoisotopic (exact) mass is 694 g/mol. The van der Waals surface area contributed by atoms with Gasteiger partial charge in [-0.25, -0.2) is 4.79 Å². The fraction of sp³-hybridized carbons (Fsp3) is 0.143. The predicted octanol–water partition coefficient (Wildman–Crippen LogP) is 5.53. The number of hydrogen-bond acceptors (Lipinski definition) is 5. The van der Waals surface area contributed by atoms with Crippen LogP contribution in [-0.2, 0) is 26.3 Å². The van der Waals surface area contributed by atoms with Gasteiger partial charge < -0.3 is 31.1 Å². The van der Waals surface area contributed by atoms with Gasteiger partial charge in [0.15, 0.2) is 0 Å². The van der Waals surface area contributed by atoms with Crippen molar-refractivity contribution in [3.05, 3.63) is 174 Å². The van der Waals surface area contributed by atoms with Crippen LogP contribution in [0.5, 0.6) is 5.75 Å². The number of carboxylic acids is 1. The summed E-state index contributed by atoms with van der Waals surface area (Å²) < 4.78 is 0. The molecule has 1 heterocycles. The summed E-state index contributed by atoms with van der Waals surface area (Å²) in [5.41, 5.74) is 2.86. The van der Waals surface area contributed by atoms with Crippen LogP contribution in [0.2, 0.25) is 0 Å². The molecule has 0 aliphatic heterocycles. The Balaban J connectivity index is 1.27. The highest BCUT2D eigenvalue weighted by Crippen LogP contribution is 2.37. The Morgan fingerprint density at radius 1 is 0.692 bits per heavy atom. The molecule has 0 bridgehead atoms. The van der Waals surface area contributed by atoms with Crippen LogP contribution in [0.15, 0.2) is 146 Å². The number of rotatable bonds is 14. The van der Waals surface area contributed by atoms with Crippen molar-refractivity contribution in [2.45, 2.75) is 24.4 Å². The van der Waals surface area contributed by atoms with Gasteiger partial charge in [-0.1, -0.05) is 109 Å². The second-order valence-corrected chi connectivity index (χ2v) is 12.5. The van der Waals surface area contributed by atoms with Gasteiger partial charge in [-0.2, -0.15) is 0 Å². The van der Waals surface area contributed by atoms with Crippen LogP contribution in [-0.4, -0.2) is 51.5 Å². The van der Waals surface area contributed by atoms with E-state index in [2.05, 4.69) is 20.9 Å². The minimum absolute atomic E-state index is 0.0425. The summed E-state index contributed by atoms with van der Waals surface area (Å²) in [6, 6.07) is 39.5. The summed E-state index contributed by atoms with van der Waals surface area (Å²) in [7, 11) is 0. The summed E-state index contributed by atoms with van der Waals surface area (Å²) in [6.07, 6.45) is 1.40. The van der Waals surface area contributed by atoms with Crippen LogP contribution >= 0.6 is 0 Å². The number of carbonyl (C=O) groups is 4. The van der Waals surface area contributed by atoms with E-state index in [4.69, 9.17) is 0 Å². The zero-order chi connectivity index (χ0) is 36.5. The number of para-hydroxylation sites is 1. The first kappa shape index (κ1) is 35.2. The number of carboxylic acid groups (broad SMARTS) is 1. The molecule has 0 spiro atoms. The highest BCUT2D eigenvalue weighted by atomic mass is 16.4. The topological polar surface area (TPSA) is 161 Å². The number of aromatic nitrogens is 1. The first-order valence-corrected chi connectivity index (χ1v) is 16.9. The smallest absolute Gasteiger partial charge is 0.326 e. The quantitative estimate of drug-likeness (QED) is 0.0823. The lowest BCUT2D eigenvalue weighted by molar-refractivity contribution is -0.144. The summed E-state index contributed by atoms with van der Waals surface area (Å²) in [5, 5.41) is 29.8. The van der Waals surface area contributed by atoms with Crippen LogP contribution in [0.3, 0.4) is 0 Å². The average molecular weight is 695 g/mol. The lowest BCUT2D eigenvalue weighted by Crippen LogP contribution is -2.52. The fourth-order valence-electron chi connectivity index (χ4n) is 6.47. The third-order valence-electron chi connectivity index (χ3n) is 9.10. The Labute approximate surface area is 300 Å². The Morgan fingerprint density at radius 3 is 1.87 bits per heavy atom. The molecular formula is C42H38N4O6. The number of aliphatic carboxylic acids is 1. The molecule has 262 valence electrons. The van der Waals surface area contributed by atoms with E-state index in [1.165, 1.54) is 12.1 Å². The van der Waals surface area contributed by atoms with Crippen LogP contribution in [0.4, 0.5) is 0 Å². The SMILES string of the molecule is O=C(CC(NC(=O)[C@@H](CNC(=O)c1ccccc1)Cc1c[nH]c2ccccc12)C(=O)O)NC(c1ccccc1)(c1ccccc1)c1ccc(O)cc1. The standard InChI is InChI=1S/C42H38N4O6/c47-34-22-20-33(21-23-34)42(31-14-6-2-7-15-31,32-16-8-3-9-17-32)46-38(48)25-37(41(51)52)45-40(50)30(27-44-39(49)28-12-4-1-5-13-28)24-29-26-43-36-19-11-10-18-35(29)36/h1-23,26,30,37,43,47H,24-25,27H2,(H,44,49)(H,45,50)(H,46,48)(H,51,52)/t30-,37?/m1/s1. The number of carbonyl (C=O) groups excluding carboxylic acids is 3. The molecule has 1 aromatic heterocycles. The van der Waals surface area contributed by atoms with Gasteiger partial charge >= 0.3 is 5.97 Å². The summed E-state index contributed by atoms with van der Waals surface area (Å²) in [6.45, 7) is -0.0798. The zero-order valence-electron chi connectivity index (χ0n) is 28.2. The first-order valence-electron chi connectivity index (χ1n) is 16.9. The van der Waals surface area contributed by atoms with Crippen molar-refractivity contribution in [1.29, 1.82) is 0 Å². The van der Waals surface area contributed by atoms with Crippen molar-refractivity contribution < 1.29 is 29.4 Å². The summed E-state index contributed by atoms with van der Waals surface area (Å²) >= 11 is 0. The Hall–Kier alpha value is -6.68. The zero-order valence-corrected chi connectivity index (χ0v) is 28.2. The van der Waals surface area contributed by atoms with Crippen LogP contribution in [0.25, 0.3) is 10.9 Å². The van der Waals surface area contributed by atoms with Gasteiger partial charge in [0, 0.05) is 29.2 Å². The second-order valence-electron chi connectivity index (χ2n) is 12.5. The van der Waals surface area contributed by atoms with E-state index in [0.717, 1.165) is 16.5 Å². The second kappa shape index (κ2) is 15.9. The molecule has 10 heteroatoms. The van der Waals surface area contributed by atoms with E-state index in [9.17, 15) is 29.4 Å². The Bertz CT molecular complexity index is 2110. The molecule has 52 heavy (non-hydrogen) atoms. The van der Waals surface area contributed by atoms with Gasteiger partial charge in [0.05, 0.1) is 12.3 Å². The Kier molecular flexibility index (Phi) is 10.8. The number of amides is 3. The predicted molar refractivity (Wildman–Crippen MR) is 197 cm³/mol. The molecule has 0 fully saturated rings. The number of benzene rings is 5. The van der Waals surface area contributed by atoms with Crippen molar-refractivity contribution in [3.63, 3.8) is 0 Å². The van der Waals surface area contributed by atoms with Gasteiger partial charge in [0.25, 0.3) is 5.91 Å². The number of fused-ring (bicyclic) bond motifs is 1. The minimum atomic E-state index is -1.59. The summed E-state index contributed by atoms with van der Waals surface area (Å²) in [5.74, 6) is -3.87. The fourth-order valence-corrected chi connectivity index (χ4v) is 6.47.